The summed E-state index contributed by atoms with van der Waals surface area (Å²) in [4.78, 5) is 3.28. The molecule has 0 saturated heterocycles. The summed E-state index contributed by atoms with van der Waals surface area (Å²) in [7, 11) is 0. The Hall–Kier alpha value is -1.13. The first kappa shape index (κ1) is 17.2. The molecule has 0 atom stereocenters. The fourth-order valence-corrected chi connectivity index (χ4v) is 3.31. The van der Waals surface area contributed by atoms with Gasteiger partial charge in [-0.25, -0.2) is 4.85 Å². The quantitative estimate of drug-likeness (QED) is 0.402. The summed E-state index contributed by atoms with van der Waals surface area (Å²) in [5.74, 6) is 0. The van der Waals surface area contributed by atoms with E-state index in [1.54, 1.807) is 18.2 Å². The molecule has 0 aliphatic heterocycles. The Bertz CT molecular complexity index is 826. The Morgan fingerprint density at radius 1 is 0.955 bits per heavy atom. The van der Waals surface area contributed by atoms with Crippen LogP contribution in [0, 0.1) is 17.9 Å². The number of hydrogen-bond acceptors (Lipinski definition) is 1. The molecule has 2 aromatic carbocycles. The van der Waals surface area contributed by atoms with Crippen molar-refractivity contribution in [3.63, 3.8) is 0 Å². The van der Waals surface area contributed by atoms with E-state index in [1.807, 2.05) is 6.07 Å². The van der Waals surface area contributed by atoms with Crippen LogP contribution in [0.4, 0.5) is 5.69 Å². The van der Waals surface area contributed by atoms with Crippen LogP contribution in [0.25, 0.3) is 4.85 Å². The van der Waals surface area contributed by atoms with E-state index in [1.165, 1.54) is 0 Å². The van der Waals surface area contributed by atoms with Gasteiger partial charge in [0.2, 0.25) is 5.69 Å². The van der Waals surface area contributed by atoms with Crippen LogP contribution in [-0.4, -0.2) is 0 Å². The van der Waals surface area contributed by atoms with Gasteiger partial charge in [-0.05, 0) is 23.3 Å². The maximum Gasteiger partial charge on any atom is 0.225 e. The lowest BCUT2D eigenvalue weighted by molar-refractivity contribution is 1.18. The standard InChI is InChI=1S/C15H5Cl5N2/c1-22-15-13(19)7(9(6-21)12(18)14(15)20)5-8-10(16)3-2-4-11(8)17/h2-4H,5H2. The van der Waals surface area contributed by atoms with Gasteiger partial charge < -0.3 is 0 Å². The van der Waals surface area contributed by atoms with Crippen LogP contribution in [0.2, 0.25) is 25.1 Å². The summed E-state index contributed by atoms with van der Waals surface area (Å²) in [6.45, 7) is 7.17. The summed E-state index contributed by atoms with van der Waals surface area (Å²) in [5.41, 5.74) is 1.09. The molecule has 0 bridgehead atoms. The molecule has 0 amide bonds. The fourth-order valence-electron chi connectivity index (χ4n) is 1.95. The summed E-state index contributed by atoms with van der Waals surface area (Å²) >= 11 is 30.6. The Labute approximate surface area is 152 Å². The number of hydrogen-bond donors (Lipinski definition) is 0. The smallest absolute Gasteiger partial charge is 0.225 e. The molecule has 2 aromatic rings. The average Bonchev–Trinajstić information content (AvgIpc) is 2.49. The number of halogens is 5. The van der Waals surface area contributed by atoms with E-state index in [0.29, 0.717) is 21.2 Å². The van der Waals surface area contributed by atoms with Gasteiger partial charge in [0.15, 0.2) is 0 Å². The van der Waals surface area contributed by atoms with E-state index in [9.17, 15) is 5.26 Å². The normalized spacial score (nSPS) is 10.1. The molecule has 2 rings (SSSR count). The van der Waals surface area contributed by atoms with Crippen molar-refractivity contribution in [3.05, 3.63) is 71.4 Å². The number of rotatable bonds is 2. The largest absolute Gasteiger partial charge is 0.235 e. The third-order valence-electron chi connectivity index (χ3n) is 3.03. The number of benzene rings is 2. The lowest BCUT2D eigenvalue weighted by atomic mass is 9.99. The van der Waals surface area contributed by atoms with Crippen LogP contribution >= 0.6 is 58.0 Å². The summed E-state index contributed by atoms with van der Waals surface area (Å²) in [6, 6.07) is 7.03. The van der Waals surface area contributed by atoms with Crippen LogP contribution in [-0.2, 0) is 6.42 Å². The summed E-state index contributed by atoms with van der Waals surface area (Å²) < 4.78 is 0. The van der Waals surface area contributed by atoms with Crippen molar-refractivity contribution in [2.45, 2.75) is 6.42 Å². The lowest BCUT2D eigenvalue weighted by Gasteiger charge is -2.14. The van der Waals surface area contributed by atoms with Gasteiger partial charge >= 0.3 is 0 Å². The second-order valence-electron chi connectivity index (χ2n) is 4.24. The molecule has 0 aliphatic rings. The molecule has 0 spiro atoms. The zero-order valence-electron chi connectivity index (χ0n) is 10.7. The van der Waals surface area contributed by atoms with Crippen molar-refractivity contribution in [2.75, 3.05) is 0 Å². The fraction of sp³-hybridized carbons (Fsp3) is 0.0667. The van der Waals surface area contributed by atoms with Crippen molar-refractivity contribution in [3.8, 4) is 6.07 Å². The second kappa shape index (κ2) is 6.97. The monoisotopic (exact) mass is 388 g/mol. The topological polar surface area (TPSA) is 28.1 Å². The first-order valence-electron chi connectivity index (χ1n) is 5.82. The first-order valence-corrected chi connectivity index (χ1v) is 7.71. The molecule has 0 aromatic heterocycles. The van der Waals surface area contributed by atoms with Gasteiger partial charge in [-0.15, -0.1) is 0 Å². The van der Waals surface area contributed by atoms with E-state index in [2.05, 4.69) is 4.85 Å². The van der Waals surface area contributed by atoms with E-state index in [-0.39, 0.29) is 32.7 Å². The Kier molecular flexibility index (Phi) is 5.45. The minimum absolute atomic E-state index is 0.00209. The molecule has 0 unspecified atom stereocenters. The molecular formula is C15H5Cl5N2. The van der Waals surface area contributed by atoms with E-state index >= 15 is 0 Å². The van der Waals surface area contributed by atoms with Gasteiger partial charge in [0, 0.05) is 16.5 Å². The van der Waals surface area contributed by atoms with Gasteiger partial charge in [0.1, 0.15) is 6.07 Å². The van der Waals surface area contributed by atoms with E-state index in [0.717, 1.165) is 0 Å². The molecule has 7 heteroatoms. The molecule has 0 fully saturated rings. The molecule has 0 N–H and O–H groups in total. The van der Waals surface area contributed by atoms with Gasteiger partial charge in [0.25, 0.3) is 0 Å². The highest BCUT2D eigenvalue weighted by molar-refractivity contribution is 6.47. The highest BCUT2D eigenvalue weighted by Crippen LogP contribution is 2.45. The van der Waals surface area contributed by atoms with Crippen molar-refractivity contribution in [2.24, 2.45) is 0 Å². The molecule has 0 radical (unpaired) electrons. The van der Waals surface area contributed by atoms with Crippen molar-refractivity contribution in [1.82, 2.24) is 0 Å². The summed E-state index contributed by atoms with van der Waals surface area (Å²) in [5, 5.41) is 10.2. The molecule has 22 heavy (non-hydrogen) atoms. The minimum Gasteiger partial charge on any atom is -0.235 e. The Morgan fingerprint density at radius 3 is 2.05 bits per heavy atom. The molecule has 2 nitrogen and oxygen atoms in total. The Morgan fingerprint density at radius 2 is 1.55 bits per heavy atom. The molecule has 110 valence electrons. The van der Waals surface area contributed by atoms with Crippen molar-refractivity contribution >= 4 is 63.7 Å². The lowest BCUT2D eigenvalue weighted by Crippen LogP contribution is -1.98. The SMILES string of the molecule is [C-]#[N+]c1c(Cl)c(Cl)c(C#N)c(Cc2c(Cl)cccc2Cl)c1Cl. The third-order valence-corrected chi connectivity index (χ3v) is 4.99. The zero-order valence-corrected chi connectivity index (χ0v) is 14.5. The van der Waals surface area contributed by atoms with Crippen molar-refractivity contribution < 1.29 is 0 Å². The van der Waals surface area contributed by atoms with Gasteiger partial charge in [-0.3, -0.25) is 0 Å². The van der Waals surface area contributed by atoms with Gasteiger partial charge in [0.05, 0.1) is 27.2 Å². The van der Waals surface area contributed by atoms with E-state index in [4.69, 9.17) is 64.6 Å². The molecular weight excluding hydrogens is 385 g/mol. The minimum atomic E-state index is -0.0350. The number of nitrogens with zero attached hydrogens (tertiary/aromatic N) is 2. The predicted molar refractivity (Wildman–Crippen MR) is 91.7 cm³/mol. The highest BCUT2D eigenvalue weighted by atomic mass is 35.5. The third kappa shape index (κ3) is 2.99. The molecule has 0 aliphatic carbocycles. The summed E-state index contributed by atoms with van der Waals surface area (Å²) in [6.07, 6.45) is 0.166. The van der Waals surface area contributed by atoms with Crippen molar-refractivity contribution in [1.29, 1.82) is 5.26 Å². The molecule has 0 heterocycles. The van der Waals surface area contributed by atoms with Gasteiger partial charge in [-0.2, -0.15) is 5.26 Å². The van der Waals surface area contributed by atoms with Crippen LogP contribution < -0.4 is 0 Å². The maximum absolute atomic E-state index is 9.33. The predicted octanol–water partition coefficient (Wildman–Crippen LogP) is 6.97. The number of nitriles is 1. The highest BCUT2D eigenvalue weighted by Gasteiger charge is 2.22. The average molecular weight is 390 g/mol. The van der Waals surface area contributed by atoms with Crippen LogP contribution in [0.5, 0.6) is 0 Å². The van der Waals surface area contributed by atoms with Crippen LogP contribution in [0.15, 0.2) is 18.2 Å². The Balaban J connectivity index is 2.74. The van der Waals surface area contributed by atoms with E-state index < -0.39 is 0 Å². The second-order valence-corrected chi connectivity index (χ2v) is 6.19. The maximum atomic E-state index is 9.33. The van der Waals surface area contributed by atoms with Crippen LogP contribution in [0.3, 0.4) is 0 Å². The van der Waals surface area contributed by atoms with Gasteiger partial charge in [-0.1, -0.05) is 64.1 Å². The molecule has 0 saturated carbocycles. The zero-order chi connectivity index (χ0) is 16.4. The first-order chi connectivity index (χ1) is 10.4. The van der Waals surface area contributed by atoms with Crippen LogP contribution in [0.1, 0.15) is 16.7 Å².